The number of aromatic nitrogens is 1. The first-order valence-corrected chi connectivity index (χ1v) is 5.16. The summed E-state index contributed by atoms with van der Waals surface area (Å²) in [7, 11) is 1.28. The molecule has 1 amide bonds. The van der Waals surface area contributed by atoms with Gasteiger partial charge in [-0.3, -0.25) is 9.59 Å². The Hall–Kier alpha value is -1.78. The van der Waals surface area contributed by atoms with E-state index >= 15 is 0 Å². The van der Waals surface area contributed by atoms with E-state index in [0.29, 0.717) is 13.0 Å². The van der Waals surface area contributed by atoms with Crippen LogP contribution in [0.25, 0.3) is 0 Å². The van der Waals surface area contributed by atoms with Crippen molar-refractivity contribution in [1.82, 2.24) is 10.3 Å². The van der Waals surface area contributed by atoms with Gasteiger partial charge >= 0.3 is 5.97 Å². The molecule has 5 nitrogen and oxygen atoms in total. The van der Waals surface area contributed by atoms with Gasteiger partial charge in [0.1, 0.15) is 5.92 Å². The first-order valence-electron chi connectivity index (χ1n) is 5.16. The maximum Gasteiger partial charge on any atom is 0.318 e. The maximum absolute atomic E-state index is 11.6. The van der Waals surface area contributed by atoms with Crippen LogP contribution < -0.4 is 5.32 Å². The summed E-state index contributed by atoms with van der Waals surface area (Å²) in [5.41, 5.74) is 0.896. The molecule has 0 saturated heterocycles. The summed E-state index contributed by atoms with van der Waals surface area (Å²) in [6.45, 7) is 2.16. The molecule has 1 rings (SSSR count). The third kappa shape index (κ3) is 3.12. The summed E-state index contributed by atoms with van der Waals surface area (Å²) >= 11 is 0. The monoisotopic (exact) mass is 224 g/mol. The molecule has 0 saturated carbocycles. The van der Waals surface area contributed by atoms with Crippen molar-refractivity contribution in [3.63, 3.8) is 0 Å². The van der Waals surface area contributed by atoms with Crippen LogP contribution in [0, 0.1) is 5.92 Å². The minimum Gasteiger partial charge on any atom is -0.468 e. The quantitative estimate of drug-likeness (QED) is 0.575. The Bertz CT molecular complexity index is 346. The third-order valence-corrected chi connectivity index (χ3v) is 2.33. The molecule has 0 fully saturated rings. The zero-order valence-electron chi connectivity index (χ0n) is 9.45. The topological polar surface area (TPSA) is 71.2 Å². The first-order chi connectivity index (χ1) is 7.69. The molecule has 0 bridgehead atoms. The highest BCUT2D eigenvalue weighted by Gasteiger charge is 2.25. The number of aromatic amines is 1. The van der Waals surface area contributed by atoms with E-state index in [4.69, 9.17) is 0 Å². The summed E-state index contributed by atoms with van der Waals surface area (Å²) in [5.74, 6) is -1.52. The van der Waals surface area contributed by atoms with Gasteiger partial charge in [-0.25, -0.2) is 0 Å². The van der Waals surface area contributed by atoms with E-state index in [0.717, 1.165) is 5.69 Å². The van der Waals surface area contributed by atoms with Crippen LogP contribution in [-0.2, 0) is 20.9 Å². The summed E-state index contributed by atoms with van der Waals surface area (Å²) in [6.07, 6.45) is 2.21. The van der Waals surface area contributed by atoms with E-state index in [1.807, 2.05) is 12.1 Å². The second kappa shape index (κ2) is 5.95. The zero-order chi connectivity index (χ0) is 12.0. The lowest BCUT2D eigenvalue weighted by Crippen LogP contribution is -2.35. The van der Waals surface area contributed by atoms with E-state index in [-0.39, 0.29) is 5.91 Å². The Morgan fingerprint density at radius 3 is 2.81 bits per heavy atom. The van der Waals surface area contributed by atoms with Gasteiger partial charge in [-0.05, 0) is 18.6 Å². The fraction of sp³-hybridized carbons (Fsp3) is 0.455. The van der Waals surface area contributed by atoms with Crippen LogP contribution in [0.2, 0.25) is 0 Å². The van der Waals surface area contributed by atoms with Crippen LogP contribution >= 0.6 is 0 Å². The van der Waals surface area contributed by atoms with Crippen LogP contribution in [0.1, 0.15) is 19.0 Å². The van der Waals surface area contributed by atoms with Crippen molar-refractivity contribution in [2.24, 2.45) is 5.92 Å². The highest BCUT2D eigenvalue weighted by atomic mass is 16.5. The van der Waals surface area contributed by atoms with E-state index in [1.54, 1.807) is 13.1 Å². The van der Waals surface area contributed by atoms with Crippen molar-refractivity contribution in [3.05, 3.63) is 24.0 Å². The standard InChI is InChI=1S/C11H16N2O3/c1-3-9(11(15)16-2)10(14)13-7-8-5-4-6-12-8/h4-6,9,12H,3,7H2,1-2H3,(H,13,14). The fourth-order valence-corrected chi connectivity index (χ4v) is 1.38. The van der Waals surface area contributed by atoms with E-state index in [1.165, 1.54) is 7.11 Å². The lowest BCUT2D eigenvalue weighted by Gasteiger charge is -2.12. The Balaban J connectivity index is 2.47. The molecule has 0 aliphatic carbocycles. The van der Waals surface area contributed by atoms with Gasteiger partial charge in [0.15, 0.2) is 0 Å². The molecule has 0 aromatic carbocycles. The van der Waals surface area contributed by atoms with Gasteiger partial charge in [-0.2, -0.15) is 0 Å². The highest BCUT2D eigenvalue weighted by molar-refractivity contribution is 5.97. The average molecular weight is 224 g/mol. The van der Waals surface area contributed by atoms with Gasteiger partial charge in [0.2, 0.25) is 5.91 Å². The van der Waals surface area contributed by atoms with Crippen molar-refractivity contribution < 1.29 is 14.3 Å². The first kappa shape index (κ1) is 12.3. The van der Waals surface area contributed by atoms with Gasteiger partial charge < -0.3 is 15.0 Å². The highest BCUT2D eigenvalue weighted by Crippen LogP contribution is 2.05. The summed E-state index contributed by atoms with van der Waals surface area (Å²) in [4.78, 5) is 25.9. The Kier molecular flexibility index (Phi) is 4.57. The fourth-order valence-electron chi connectivity index (χ4n) is 1.38. The second-order valence-corrected chi connectivity index (χ2v) is 3.40. The normalized spacial score (nSPS) is 11.9. The maximum atomic E-state index is 11.6. The van der Waals surface area contributed by atoms with Crippen LogP contribution in [0.15, 0.2) is 18.3 Å². The number of carbonyl (C=O) groups is 2. The molecule has 16 heavy (non-hydrogen) atoms. The number of nitrogens with one attached hydrogen (secondary N) is 2. The van der Waals surface area contributed by atoms with Crippen LogP contribution in [0.5, 0.6) is 0 Å². The zero-order valence-corrected chi connectivity index (χ0v) is 9.45. The molecule has 2 N–H and O–H groups in total. The molecular formula is C11H16N2O3. The Morgan fingerprint density at radius 1 is 1.56 bits per heavy atom. The van der Waals surface area contributed by atoms with Gasteiger partial charge in [-0.15, -0.1) is 0 Å². The Morgan fingerprint density at radius 2 is 2.31 bits per heavy atom. The van der Waals surface area contributed by atoms with Crippen LogP contribution in [0.4, 0.5) is 0 Å². The van der Waals surface area contributed by atoms with E-state index < -0.39 is 11.9 Å². The van der Waals surface area contributed by atoms with Crippen molar-refractivity contribution in [2.75, 3.05) is 7.11 Å². The number of rotatable bonds is 5. The van der Waals surface area contributed by atoms with Crippen LogP contribution in [0.3, 0.4) is 0 Å². The molecule has 0 aliphatic heterocycles. The second-order valence-electron chi connectivity index (χ2n) is 3.40. The minimum atomic E-state index is -0.722. The number of hydrogen-bond acceptors (Lipinski definition) is 3. The lowest BCUT2D eigenvalue weighted by atomic mass is 10.1. The summed E-state index contributed by atoms with van der Waals surface area (Å²) in [5, 5.41) is 2.68. The lowest BCUT2D eigenvalue weighted by molar-refractivity contribution is -0.150. The van der Waals surface area contributed by atoms with Crippen molar-refractivity contribution >= 4 is 11.9 Å². The van der Waals surface area contributed by atoms with Gasteiger partial charge in [-0.1, -0.05) is 6.92 Å². The van der Waals surface area contributed by atoms with Gasteiger partial charge in [0.05, 0.1) is 13.7 Å². The number of H-pyrrole nitrogens is 1. The number of methoxy groups -OCH3 is 1. The number of hydrogen-bond donors (Lipinski definition) is 2. The largest absolute Gasteiger partial charge is 0.468 e. The molecule has 1 unspecified atom stereocenters. The summed E-state index contributed by atoms with van der Waals surface area (Å²) in [6, 6.07) is 3.71. The van der Waals surface area contributed by atoms with Gasteiger partial charge in [0, 0.05) is 11.9 Å². The molecule has 1 heterocycles. The molecular weight excluding hydrogens is 208 g/mol. The number of esters is 1. The molecule has 1 atom stereocenters. The average Bonchev–Trinajstić information content (AvgIpc) is 2.79. The number of carbonyl (C=O) groups excluding carboxylic acids is 2. The molecule has 1 aromatic rings. The molecule has 5 heteroatoms. The number of amides is 1. The van der Waals surface area contributed by atoms with E-state index in [9.17, 15) is 9.59 Å². The predicted molar refractivity (Wildman–Crippen MR) is 58.4 cm³/mol. The van der Waals surface area contributed by atoms with Gasteiger partial charge in [0.25, 0.3) is 0 Å². The predicted octanol–water partition coefficient (Wildman–Crippen LogP) is 0.830. The smallest absolute Gasteiger partial charge is 0.318 e. The number of ether oxygens (including phenoxy) is 1. The molecule has 0 spiro atoms. The third-order valence-electron chi connectivity index (χ3n) is 2.33. The van der Waals surface area contributed by atoms with Crippen molar-refractivity contribution in [2.45, 2.75) is 19.9 Å². The Labute approximate surface area is 94.2 Å². The molecule has 0 aliphatic rings. The summed E-state index contributed by atoms with van der Waals surface area (Å²) < 4.78 is 4.55. The minimum absolute atomic E-state index is 0.302. The van der Waals surface area contributed by atoms with Crippen molar-refractivity contribution in [3.8, 4) is 0 Å². The van der Waals surface area contributed by atoms with E-state index in [2.05, 4.69) is 15.0 Å². The molecule has 0 radical (unpaired) electrons. The SMILES string of the molecule is CCC(C(=O)NCc1ccc[nH]1)C(=O)OC. The molecule has 1 aromatic heterocycles. The van der Waals surface area contributed by atoms with Crippen LogP contribution in [-0.4, -0.2) is 24.0 Å². The molecule has 88 valence electrons. The van der Waals surface area contributed by atoms with Crippen molar-refractivity contribution in [1.29, 1.82) is 0 Å².